The second-order valence-electron chi connectivity index (χ2n) is 9.17. The normalized spacial score (nSPS) is 16.2. The van der Waals surface area contributed by atoms with Gasteiger partial charge in [-0.15, -0.1) is 0 Å². The van der Waals surface area contributed by atoms with Crippen molar-refractivity contribution < 1.29 is 24.2 Å². The van der Waals surface area contributed by atoms with Gasteiger partial charge < -0.3 is 19.5 Å². The first-order chi connectivity index (χ1) is 11.8. The minimum Gasteiger partial charge on any atom is -0.481 e. The lowest BCUT2D eigenvalue weighted by molar-refractivity contribution is -0.170. The Labute approximate surface area is 159 Å². The molecule has 0 aromatic rings. The molecule has 154 valence electrons. The van der Waals surface area contributed by atoms with E-state index in [0.717, 1.165) is 6.42 Å². The lowest BCUT2D eigenvalue weighted by Gasteiger charge is -2.39. The molecule has 0 heterocycles. The first-order valence-corrected chi connectivity index (χ1v) is 9.33. The Kier molecular flexibility index (Phi) is 9.81. The SMILES string of the molecule is CCC(C)(C)CC(OC)C(C(=O)O)C(C(=O)OCCN(C)C)C(C)(C)C. The Morgan fingerprint density at radius 2 is 1.65 bits per heavy atom. The monoisotopic (exact) mass is 373 g/mol. The topological polar surface area (TPSA) is 76.1 Å². The van der Waals surface area contributed by atoms with Crippen LogP contribution in [0.2, 0.25) is 0 Å². The van der Waals surface area contributed by atoms with Crippen molar-refractivity contribution in [3.63, 3.8) is 0 Å². The maximum absolute atomic E-state index is 12.8. The highest BCUT2D eigenvalue weighted by Crippen LogP contribution is 2.39. The van der Waals surface area contributed by atoms with Crippen molar-refractivity contribution in [1.82, 2.24) is 4.90 Å². The molecule has 0 radical (unpaired) electrons. The maximum Gasteiger partial charge on any atom is 0.310 e. The number of rotatable bonds is 11. The van der Waals surface area contributed by atoms with Crippen molar-refractivity contribution in [1.29, 1.82) is 0 Å². The molecular formula is C20H39NO5. The van der Waals surface area contributed by atoms with Crippen LogP contribution in [0, 0.1) is 22.7 Å². The van der Waals surface area contributed by atoms with Crippen LogP contribution in [0.15, 0.2) is 0 Å². The van der Waals surface area contributed by atoms with Gasteiger partial charge in [0.25, 0.3) is 0 Å². The summed E-state index contributed by atoms with van der Waals surface area (Å²) in [5.74, 6) is -3.24. The van der Waals surface area contributed by atoms with Crippen molar-refractivity contribution in [2.45, 2.75) is 60.5 Å². The zero-order chi connectivity index (χ0) is 20.7. The van der Waals surface area contributed by atoms with E-state index in [-0.39, 0.29) is 12.0 Å². The molecule has 0 saturated heterocycles. The van der Waals surface area contributed by atoms with E-state index in [2.05, 4.69) is 20.8 Å². The fraction of sp³-hybridized carbons (Fsp3) is 0.900. The molecule has 26 heavy (non-hydrogen) atoms. The van der Waals surface area contributed by atoms with Gasteiger partial charge >= 0.3 is 11.9 Å². The maximum atomic E-state index is 12.8. The van der Waals surface area contributed by atoms with Crippen LogP contribution in [0.3, 0.4) is 0 Å². The highest BCUT2D eigenvalue weighted by molar-refractivity contribution is 5.82. The number of ether oxygens (including phenoxy) is 2. The van der Waals surface area contributed by atoms with Gasteiger partial charge in [0, 0.05) is 13.7 Å². The summed E-state index contributed by atoms with van der Waals surface area (Å²) >= 11 is 0. The molecule has 0 fully saturated rings. The van der Waals surface area contributed by atoms with Crippen LogP contribution in [0.5, 0.6) is 0 Å². The molecule has 0 aliphatic rings. The summed E-state index contributed by atoms with van der Waals surface area (Å²) in [6.07, 6.45) is 0.898. The summed E-state index contributed by atoms with van der Waals surface area (Å²) < 4.78 is 11.0. The third-order valence-corrected chi connectivity index (χ3v) is 5.03. The molecule has 0 rings (SSSR count). The lowest BCUT2D eigenvalue weighted by atomic mass is 9.68. The summed E-state index contributed by atoms with van der Waals surface area (Å²) in [6, 6.07) is 0. The summed E-state index contributed by atoms with van der Waals surface area (Å²) in [5, 5.41) is 9.94. The molecule has 3 atom stereocenters. The molecule has 0 aromatic carbocycles. The predicted molar refractivity (Wildman–Crippen MR) is 103 cm³/mol. The number of aliphatic carboxylic acids is 1. The van der Waals surface area contributed by atoms with Gasteiger partial charge in [-0.25, -0.2) is 0 Å². The molecule has 0 aliphatic carbocycles. The number of likely N-dealkylation sites (N-methyl/N-ethyl adjacent to an activating group) is 1. The van der Waals surface area contributed by atoms with Gasteiger partial charge in [-0.3, -0.25) is 9.59 Å². The van der Waals surface area contributed by atoms with E-state index in [9.17, 15) is 14.7 Å². The highest BCUT2D eigenvalue weighted by atomic mass is 16.5. The molecule has 0 amide bonds. The van der Waals surface area contributed by atoms with Gasteiger partial charge in [-0.2, -0.15) is 0 Å². The molecule has 6 heteroatoms. The van der Waals surface area contributed by atoms with E-state index in [1.54, 1.807) is 0 Å². The first-order valence-electron chi connectivity index (χ1n) is 9.33. The Morgan fingerprint density at radius 3 is 2.00 bits per heavy atom. The van der Waals surface area contributed by atoms with Gasteiger partial charge in [-0.05, 0) is 31.3 Å². The van der Waals surface area contributed by atoms with Crippen LogP contribution in [-0.4, -0.2) is 62.4 Å². The number of methoxy groups -OCH3 is 1. The Balaban J connectivity index is 5.66. The van der Waals surface area contributed by atoms with E-state index in [1.807, 2.05) is 39.8 Å². The van der Waals surface area contributed by atoms with Crippen LogP contribution >= 0.6 is 0 Å². The Hall–Kier alpha value is -1.14. The van der Waals surface area contributed by atoms with Crippen molar-refractivity contribution in [2.24, 2.45) is 22.7 Å². The number of carbonyl (C=O) groups is 2. The van der Waals surface area contributed by atoms with E-state index >= 15 is 0 Å². The number of carboxylic acids is 1. The van der Waals surface area contributed by atoms with Crippen molar-refractivity contribution in [2.75, 3.05) is 34.4 Å². The van der Waals surface area contributed by atoms with Gasteiger partial charge in [0.2, 0.25) is 0 Å². The zero-order valence-electron chi connectivity index (χ0n) is 18.1. The second-order valence-corrected chi connectivity index (χ2v) is 9.17. The fourth-order valence-corrected chi connectivity index (χ4v) is 3.02. The number of esters is 1. The summed E-state index contributed by atoms with van der Waals surface area (Å²) in [7, 11) is 5.30. The predicted octanol–water partition coefficient (Wildman–Crippen LogP) is 3.30. The number of carboxylic acid groups (broad SMARTS) is 1. The molecule has 0 saturated carbocycles. The number of hydrogen-bond acceptors (Lipinski definition) is 5. The summed E-state index contributed by atoms with van der Waals surface area (Å²) in [5.41, 5.74) is -0.642. The van der Waals surface area contributed by atoms with Crippen LogP contribution in [0.25, 0.3) is 0 Å². The van der Waals surface area contributed by atoms with E-state index < -0.39 is 35.3 Å². The van der Waals surface area contributed by atoms with Crippen molar-refractivity contribution in [3.05, 3.63) is 0 Å². The zero-order valence-corrected chi connectivity index (χ0v) is 18.1. The molecule has 0 aliphatic heterocycles. The number of hydrogen-bond donors (Lipinski definition) is 1. The number of carbonyl (C=O) groups excluding carboxylic acids is 1. The standard InChI is InChI=1S/C20H39NO5/c1-10-20(5,6)13-14(25-9)15(17(22)23)16(19(2,3)4)18(24)26-12-11-21(7)8/h14-16H,10-13H2,1-9H3,(H,22,23). The Bertz CT molecular complexity index is 454. The Morgan fingerprint density at radius 1 is 1.12 bits per heavy atom. The summed E-state index contributed by atoms with van der Waals surface area (Å²) in [4.78, 5) is 26.9. The molecule has 0 bridgehead atoms. The van der Waals surface area contributed by atoms with E-state index in [0.29, 0.717) is 13.0 Å². The quantitative estimate of drug-likeness (QED) is 0.560. The molecular weight excluding hydrogens is 334 g/mol. The largest absolute Gasteiger partial charge is 0.481 e. The minimum atomic E-state index is -1.02. The van der Waals surface area contributed by atoms with Crippen molar-refractivity contribution >= 4 is 11.9 Å². The third kappa shape index (κ3) is 8.04. The van der Waals surface area contributed by atoms with Gasteiger partial charge in [0.05, 0.1) is 17.9 Å². The van der Waals surface area contributed by atoms with Crippen molar-refractivity contribution in [3.8, 4) is 0 Å². The second kappa shape index (κ2) is 10.3. The van der Waals surface area contributed by atoms with E-state index in [1.165, 1.54) is 7.11 Å². The van der Waals surface area contributed by atoms with Gasteiger partial charge in [0.15, 0.2) is 0 Å². The minimum absolute atomic E-state index is 0.0777. The van der Waals surface area contributed by atoms with Gasteiger partial charge in [0.1, 0.15) is 6.61 Å². The average molecular weight is 374 g/mol. The molecule has 3 unspecified atom stereocenters. The van der Waals surface area contributed by atoms with Crippen LogP contribution in [0.4, 0.5) is 0 Å². The fourth-order valence-electron chi connectivity index (χ4n) is 3.02. The average Bonchev–Trinajstić information content (AvgIpc) is 2.48. The third-order valence-electron chi connectivity index (χ3n) is 5.03. The van der Waals surface area contributed by atoms with Crippen LogP contribution in [0.1, 0.15) is 54.4 Å². The molecule has 0 aromatic heterocycles. The lowest BCUT2D eigenvalue weighted by Crippen LogP contribution is -2.47. The van der Waals surface area contributed by atoms with E-state index in [4.69, 9.17) is 9.47 Å². The highest BCUT2D eigenvalue weighted by Gasteiger charge is 2.48. The van der Waals surface area contributed by atoms with Gasteiger partial charge in [-0.1, -0.05) is 48.0 Å². The first kappa shape index (κ1) is 24.9. The summed E-state index contributed by atoms with van der Waals surface area (Å²) in [6.45, 7) is 12.7. The van der Waals surface area contributed by atoms with Crippen LogP contribution in [-0.2, 0) is 19.1 Å². The number of nitrogens with zero attached hydrogens (tertiary/aromatic N) is 1. The van der Waals surface area contributed by atoms with Crippen LogP contribution < -0.4 is 0 Å². The molecule has 0 spiro atoms. The smallest absolute Gasteiger partial charge is 0.310 e. The molecule has 1 N–H and O–H groups in total. The molecule has 6 nitrogen and oxygen atoms in total.